The molecule has 0 saturated heterocycles. The fourth-order valence-corrected chi connectivity index (χ4v) is 7.21. The summed E-state index contributed by atoms with van der Waals surface area (Å²) in [5, 5.41) is 5.13. The van der Waals surface area contributed by atoms with Crippen LogP contribution in [0.2, 0.25) is 0 Å². The van der Waals surface area contributed by atoms with Crippen molar-refractivity contribution in [3.8, 4) is 33.4 Å². The number of anilines is 3. The van der Waals surface area contributed by atoms with Gasteiger partial charge in [0.05, 0.1) is 0 Å². The van der Waals surface area contributed by atoms with Crippen LogP contribution in [0.5, 0.6) is 0 Å². The highest BCUT2D eigenvalue weighted by atomic mass is 15.1. The van der Waals surface area contributed by atoms with Gasteiger partial charge >= 0.3 is 0 Å². The van der Waals surface area contributed by atoms with Gasteiger partial charge in [-0.25, -0.2) is 0 Å². The van der Waals surface area contributed by atoms with Crippen molar-refractivity contribution in [3.63, 3.8) is 0 Å². The summed E-state index contributed by atoms with van der Waals surface area (Å²) in [5.74, 6) is 0. The van der Waals surface area contributed by atoms with E-state index >= 15 is 0 Å². The number of aromatic nitrogens is 1. The zero-order chi connectivity index (χ0) is 32.7. The number of nitrogens with zero attached hydrogens (tertiary/aromatic N) is 2. The molecule has 1 heterocycles. The summed E-state index contributed by atoms with van der Waals surface area (Å²) in [6.45, 7) is 0. The number of para-hydroxylation sites is 1. The highest BCUT2D eigenvalue weighted by Gasteiger charge is 2.14. The van der Waals surface area contributed by atoms with Crippen LogP contribution in [0.3, 0.4) is 0 Å². The highest BCUT2D eigenvalue weighted by Crippen LogP contribution is 2.38. The summed E-state index contributed by atoms with van der Waals surface area (Å²) in [6.07, 6.45) is 0. The van der Waals surface area contributed by atoms with Gasteiger partial charge in [0.2, 0.25) is 0 Å². The first-order valence-electron chi connectivity index (χ1n) is 16.8. The first kappa shape index (κ1) is 28.8. The number of hydrogen-bond acceptors (Lipinski definition) is 1. The molecule has 2 nitrogen and oxygen atoms in total. The summed E-state index contributed by atoms with van der Waals surface area (Å²) < 4.78 is 2.31. The van der Waals surface area contributed by atoms with Gasteiger partial charge in [0.1, 0.15) is 0 Å². The summed E-state index contributed by atoms with van der Waals surface area (Å²) in [4.78, 5) is 2.32. The quantitative estimate of drug-likeness (QED) is 0.178. The molecule has 0 N–H and O–H groups in total. The van der Waals surface area contributed by atoms with Crippen LogP contribution in [-0.4, -0.2) is 4.57 Å². The van der Waals surface area contributed by atoms with E-state index in [1.54, 1.807) is 0 Å². The Balaban J connectivity index is 1.03. The Bertz CT molecular complexity index is 2580. The van der Waals surface area contributed by atoms with Crippen LogP contribution in [0.4, 0.5) is 17.1 Å². The van der Waals surface area contributed by atoms with Crippen molar-refractivity contribution in [1.82, 2.24) is 4.57 Å². The van der Waals surface area contributed by atoms with E-state index in [0.717, 1.165) is 17.1 Å². The first-order valence-corrected chi connectivity index (χ1v) is 16.8. The third-order valence-corrected chi connectivity index (χ3v) is 9.78. The fraction of sp³-hybridized carbons (Fsp3) is 0.0213. The van der Waals surface area contributed by atoms with E-state index in [9.17, 15) is 0 Å². The average molecular weight is 627 g/mol. The molecule has 0 aliphatic rings. The molecule has 0 radical (unpaired) electrons. The van der Waals surface area contributed by atoms with E-state index in [-0.39, 0.29) is 0 Å². The molecule has 49 heavy (non-hydrogen) atoms. The summed E-state index contributed by atoms with van der Waals surface area (Å²) >= 11 is 0. The summed E-state index contributed by atoms with van der Waals surface area (Å²) in [7, 11) is 2.17. The minimum absolute atomic E-state index is 1.12. The van der Waals surface area contributed by atoms with Crippen molar-refractivity contribution in [3.05, 3.63) is 188 Å². The second-order valence-electron chi connectivity index (χ2n) is 12.7. The summed E-state index contributed by atoms with van der Waals surface area (Å²) in [5.41, 5.74) is 13.1. The van der Waals surface area contributed by atoms with Crippen molar-refractivity contribution in [2.75, 3.05) is 4.90 Å². The predicted molar refractivity (Wildman–Crippen MR) is 209 cm³/mol. The van der Waals surface area contributed by atoms with Crippen LogP contribution < -0.4 is 4.90 Å². The Kier molecular flexibility index (Phi) is 7.06. The van der Waals surface area contributed by atoms with Gasteiger partial charge in [0.25, 0.3) is 0 Å². The van der Waals surface area contributed by atoms with Crippen molar-refractivity contribution >= 4 is 49.6 Å². The lowest BCUT2D eigenvalue weighted by atomic mass is 9.98. The highest BCUT2D eigenvalue weighted by molar-refractivity contribution is 6.13. The van der Waals surface area contributed by atoms with E-state index in [1.165, 1.54) is 66.0 Å². The maximum atomic E-state index is 2.35. The van der Waals surface area contributed by atoms with Gasteiger partial charge in [-0.05, 0) is 105 Å². The molecule has 232 valence electrons. The number of benzene rings is 8. The predicted octanol–water partition coefficient (Wildman–Crippen LogP) is 13.0. The van der Waals surface area contributed by atoms with E-state index in [0.29, 0.717) is 0 Å². The lowest BCUT2D eigenvalue weighted by Gasteiger charge is -2.26. The van der Waals surface area contributed by atoms with E-state index in [2.05, 4.69) is 205 Å². The molecule has 0 spiro atoms. The van der Waals surface area contributed by atoms with Crippen LogP contribution in [0.1, 0.15) is 0 Å². The molecule has 0 aliphatic carbocycles. The van der Waals surface area contributed by atoms with Gasteiger partial charge in [-0.3, -0.25) is 0 Å². The molecule has 0 bridgehead atoms. The Morgan fingerprint density at radius 1 is 0.327 bits per heavy atom. The molecule has 0 amide bonds. The number of aryl methyl sites for hydroxylation is 1. The zero-order valence-electron chi connectivity index (χ0n) is 27.3. The van der Waals surface area contributed by atoms with Gasteiger partial charge in [-0.15, -0.1) is 0 Å². The molecule has 9 aromatic rings. The lowest BCUT2D eigenvalue weighted by Crippen LogP contribution is -2.09. The largest absolute Gasteiger partial charge is 0.344 e. The van der Waals surface area contributed by atoms with Gasteiger partial charge in [-0.1, -0.05) is 127 Å². The molecule has 0 fully saturated rings. The zero-order valence-corrected chi connectivity index (χ0v) is 27.3. The molecule has 0 unspecified atom stereocenters. The van der Waals surface area contributed by atoms with Crippen LogP contribution in [0.15, 0.2) is 188 Å². The second-order valence-corrected chi connectivity index (χ2v) is 12.7. The van der Waals surface area contributed by atoms with Crippen LogP contribution in [0.25, 0.3) is 66.0 Å². The normalized spacial score (nSPS) is 11.4. The average Bonchev–Trinajstić information content (AvgIpc) is 3.45. The standard InChI is InChI=1S/C47H34N2/c1-48-46-28-25-40(31-44(46)45-30-38-13-8-9-14-39(38)32-47(45)48)36-21-19-34(20-22-36)35-23-26-42(27-24-35)49(41-16-6-3-7-17-41)43-18-10-15-37(29-43)33-11-4-2-5-12-33/h2-32H,1H3. The van der Waals surface area contributed by atoms with Crippen molar-refractivity contribution in [1.29, 1.82) is 0 Å². The SMILES string of the molecule is Cn1c2ccc(-c3ccc(-c4ccc(N(c5ccccc5)c5cccc(-c6ccccc6)c5)cc4)cc3)cc2c2cc3ccccc3cc21. The molecule has 1 aromatic heterocycles. The van der Waals surface area contributed by atoms with Gasteiger partial charge in [0, 0.05) is 45.9 Å². The molecule has 2 heteroatoms. The molecule has 9 rings (SSSR count). The Morgan fingerprint density at radius 2 is 0.796 bits per heavy atom. The molecule has 0 atom stereocenters. The topological polar surface area (TPSA) is 8.17 Å². The summed E-state index contributed by atoms with van der Waals surface area (Å²) in [6, 6.07) is 67.9. The Morgan fingerprint density at radius 3 is 1.51 bits per heavy atom. The molecule has 8 aromatic carbocycles. The third kappa shape index (κ3) is 5.24. The minimum atomic E-state index is 1.12. The minimum Gasteiger partial charge on any atom is -0.344 e. The van der Waals surface area contributed by atoms with Gasteiger partial charge < -0.3 is 9.47 Å². The van der Waals surface area contributed by atoms with Crippen LogP contribution >= 0.6 is 0 Å². The molecule has 0 aliphatic heterocycles. The number of fused-ring (bicyclic) bond motifs is 4. The van der Waals surface area contributed by atoms with Crippen molar-refractivity contribution < 1.29 is 0 Å². The Labute approximate surface area is 286 Å². The maximum Gasteiger partial charge on any atom is 0.0495 e. The van der Waals surface area contributed by atoms with Crippen molar-refractivity contribution in [2.45, 2.75) is 0 Å². The molecule has 0 saturated carbocycles. The number of rotatable bonds is 6. The fourth-order valence-electron chi connectivity index (χ4n) is 7.21. The van der Waals surface area contributed by atoms with E-state index < -0.39 is 0 Å². The maximum absolute atomic E-state index is 2.35. The molecular formula is C47H34N2. The van der Waals surface area contributed by atoms with Crippen LogP contribution in [-0.2, 0) is 7.05 Å². The number of hydrogen-bond donors (Lipinski definition) is 0. The lowest BCUT2D eigenvalue weighted by molar-refractivity contribution is 1.02. The first-order chi connectivity index (χ1) is 24.2. The van der Waals surface area contributed by atoms with E-state index in [4.69, 9.17) is 0 Å². The van der Waals surface area contributed by atoms with E-state index in [1.807, 2.05) is 0 Å². The smallest absolute Gasteiger partial charge is 0.0495 e. The third-order valence-electron chi connectivity index (χ3n) is 9.78. The second kappa shape index (κ2) is 12.0. The van der Waals surface area contributed by atoms with Crippen LogP contribution in [0, 0.1) is 0 Å². The van der Waals surface area contributed by atoms with Gasteiger partial charge in [-0.2, -0.15) is 0 Å². The monoisotopic (exact) mass is 626 g/mol. The molecular weight excluding hydrogens is 593 g/mol. The van der Waals surface area contributed by atoms with Crippen molar-refractivity contribution in [2.24, 2.45) is 7.05 Å². The van der Waals surface area contributed by atoms with Gasteiger partial charge in [0.15, 0.2) is 0 Å². The Hall–Kier alpha value is -6.38.